The molecule has 0 atom stereocenters. The smallest absolute Gasteiger partial charge is 0.357 e. The average molecular weight is 252 g/mol. The molecule has 0 aliphatic rings. The van der Waals surface area contributed by atoms with Crippen molar-refractivity contribution >= 4 is 28.7 Å². The van der Waals surface area contributed by atoms with Crippen LogP contribution in [0.1, 0.15) is 5.76 Å². The highest BCUT2D eigenvalue weighted by Crippen LogP contribution is 2.18. The molecule has 0 aliphatic heterocycles. The van der Waals surface area contributed by atoms with Gasteiger partial charge in [0.05, 0.1) is 6.61 Å². The summed E-state index contributed by atoms with van der Waals surface area (Å²) in [5.74, 6) is 0.998. The molecule has 1 aromatic rings. The van der Waals surface area contributed by atoms with Crippen molar-refractivity contribution < 1.29 is 14.1 Å². The molecule has 0 radical (unpaired) electrons. The number of carbonyl (C=O) groups excluding carboxylic acids is 1. The first kappa shape index (κ1) is 12.4. The molecule has 5 nitrogen and oxygen atoms in total. The maximum Gasteiger partial charge on any atom is 0.357 e. The monoisotopic (exact) mass is 251 g/mol. The molecular weight excluding hydrogens is 242 g/mol. The van der Waals surface area contributed by atoms with Gasteiger partial charge in [-0.3, -0.25) is 9.59 Å². The Morgan fingerprint density at radius 2 is 2.33 bits per heavy atom. The molecule has 0 saturated heterocycles. The summed E-state index contributed by atoms with van der Waals surface area (Å²) in [6, 6.07) is 0. The zero-order valence-electron chi connectivity index (χ0n) is 8.28. The lowest BCUT2D eigenvalue weighted by Gasteiger charge is -1.95. The van der Waals surface area contributed by atoms with Gasteiger partial charge in [0.1, 0.15) is 10.7 Å². The van der Waals surface area contributed by atoms with Crippen molar-refractivity contribution in [2.75, 3.05) is 19.5 Å². The van der Waals surface area contributed by atoms with Crippen molar-refractivity contribution in [3.8, 4) is 0 Å². The summed E-state index contributed by atoms with van der Waals surface area (Å²) in [6.07, 6.45) is 0. The number of nitrogens with zero attached hydrogens (tertiary/aromatic N) is 1. The molecule has 0 N–H and O–H groups in total. The van der Waals surface area contributed by atoms with Crippen LogP contribution in [0.5, 0.6) is 0 Å². The molecule has 0 unspecified atom stereocenters. The molecule has 1 rings (SSSR count). The zero-order chi connectivity index (χ0) is 11.4. The Kier molecular flexibility index (Phi) is 4.44. The third-order valence-electron chi connectivity index (χ3n) is 1.62. The number of aryl methyl sites for hydroxylation is 1. The van der Waals surface area contributed by atoms with Gasteiger partial charge in [0, 0.05) is 12.9 Å². The van der Waals surface area contributed by atoms with Gasteiger partial charge in [0.15, 0.2) is 0 Å². The molecule has 1 aromatic heterocycles. The summed E-state index contributed by atoms with van der Waals surface area (Å²) < 4.78 is 10.3. The van der Waals surface area contributed by atoms with Gasteiger partial charge in [-0.2, -0.15) is 0 Å². The first-order chi connectivity index (χ1) is 7.07. The number of hydrogen-bond acceptors (Lipinski definition) is 5. The Hall–Kier alpha value is -0.720. The Morgan fingerprint density at radius 3 is 2.80 bits per heavy atom. The molecule has 1 heterocycles. The molecule has 0 amide bonds. The minimum Gasteiger partial charge on any atom is -0.384 e. The Morgan fingerprint density at radius 1 is 1.67 bits per heavy atom. The SMILES string of the molecule is COCCSc1c(C)on(C(=O)Cl)c1=O. The number of ether oxygens (including phenoxy) is 1. The van der Waals surface area contributed by atoms with E-state index >= 15 is 0 Å². The summed E-state index contributed by atoms with van der Waals surface area (Å²) >= 11 is 6.42. The van der Waals surface area contributed by atoms with E-state index < -0.39 is 10.9 Å². The average Bonchev–Trinajstić information content (AvgIpc) is 2.45. The highest BCUT2D eigenvalue weighted by molar-refractivity contribution is 7.99. The minimum absolute atomic E-state index is 0.384. The molecular formula is C8H10ClNO4S. The largest absolute Gasteiger partial charge is 0.384 e. The predicted molar refractivity (Wildman–Crippen MR) is 57.0 cm³/mol. The van der Waals surface area contributed by atoms with E-state index in [-0.39, 0.29) is 0 Å². The molecule has 0 saturated carbocycles. The van der Waals surface area contributed by atoms with Crippen molar-refractivity contribution in [1.82, 2.24) is 4.74 Å². The van der Waals surface area contributed by atoms with Gasteiger partial charge < -0.3 is 9.26 Å². The minimum atomic E-state index is -0.943. The second kappa shape index (κ2) is 5.39. The summed E-state index contributed by atoms with van der Waals surface area (Å²) in [6.45, 7) is 2.12. The highest BCUT2D eigenvalue weighted by Gasteiger charge is 2.17. The van der Waals surface area contributed by atoms with Crippen LogP contribution in [0.4, 0.5) is 4.79 Å². The van der Waals surface area contributed by atoms with Crippen LogP contribution >= 0.6 is 23.4 Å². The molecule has 0 fully saturated rings. The van der Waals surface area contributed by atoms with E-state index in [4.69, 9.17) is 20.9 Å². The van der Waals surface area contributed by atoms with Crippen LogP contribution in [0.15, 0.2) is 14.2 Å². The number of halogens is 1. The maximum atomic E-state index is 11.5. The van der Waals surface area contributed by atoms with Crippen LogP contribution in [0.25, 0.3) is 0 Å². The van der Waals surface area contributed by atoms with Crippen LogP contribution in [0.2, 0.25) is 0 Å². The Balaban J connectivity index is 2.89. The quantitative estimate of drug-likeness (QED) is 0.463. The van der Waals surface area contributed by atoms with Crippen molar-refractivity contribution in [3.05, 3.63) is 16.1 Å². The fraction of sp³-hybridized carbons (Fsp3) is 0.500. The topological polar surface area (TPSA) is 61.4 Å². The van der Waals surface area contributed by atoms with E-state index in [1.165, 1.54) is 11.8 Å². The molecule has 84 valence electrons. The molecule has 0 bridgehead atoms. The standard InChI is InChI=1S/C8H10ClNO4S/c1-5-6(15-4-3-13-2)7(11)10(14-5)8(9)12/h3-4H2,1-2H3. The van der Waals surface area contributed by atoms with Gasteiger partial charge in [-0.05, 0) is 18.5 Å². The predicted octanol–water partition coefficient (Wildman–Crippen LogP) is 1.70. The Bertz CT molecular complexity index is 411. The molecule has 15 heavy (non-hydrogen) atoms. The number of hydrogen-bond donors (Lipinski definition) is 0. The normalized spacial score (nSPS) is 10.6. The zero-order valence-corrected chi connectivity index (χ0v) is 9.85. The van der Waals surface area contributed by atoms with Gasteiger partial charge in [-0.1, -0.05) is 4.74 Å². The number of thioether (sulfide) groups is 1. The van der Waals surface area contributed by atoms with E-state index in [9.17, 15) is 9.59 Å². The van der Waals surface area contributed by atoms with E-state index in [0.717, 1.165) is 0 Å². The van der Waals surface area contributed by atoms with E-state index in [2.05, 4.69) is 0 Å². The van der Waals surface area contributed by atoms with Crippen molar-refractivity contribution in [2.45, 2.75) is 11.8 Å². The van der Waals surface area contributed by atoms with Crippen molar-refractivity contribution in [1.29, 1.82) is 0 Å². The molecule has 0 spiro atoms. The highest BCUT2D eigenvalue weighted by atomic mass is 35.5. The van der Waals surface area contributed by atoms with Crippen molar-refractivity contribution in [3.63, 3.8) is 0 Å². The van der Waals surface area contributed by atoms with Gasteiger partial charge in [0.25, 0.3) is 0 Å². The summed E-state index contributed by atoms with van der Waals surface area (Å²) in [5, 5.41) is -0.943. The van der Waals surface area contributed by atoms with Crippen molar-refractivity contribution in [2.24, 2.45) is 0 Å². The summed E-state index contributed by atoms with van der Waals surface area (Å²) in [5.41, 5.74) is -0.520. The maximum absolute atomic E-state index is 11.5. The lowest BCUT2D eigenvalue weighted by Crippen LogP contribution is -2.18. The van der Waals surface area contributed by atoms with Gasteiger partial charge in [0.2, 0.25) is 0 Å². The molecule has 7 heteroatoms. The van der Waals surface area contributed by atoms with Crippen LogP contribution in [-0.4, -0.2) is 29.6 Å². The summed E-state index contributed by atoms with van der Waals surface area (Å²) in [4.78, 5) is 22.7. The number of aromatic nitrogens is 1. The Labute approximate surface area is 95.3 Å². The van der Waals surface area contributed by atoms with E-state index in [1.807, 2.05) is 0 Å². The summed E-state index contributed by atoms with van der Waals surface area (Å²) in [7, 11) is 1.57. The van der Waals surface area contributed by atoms with Gasteiger partial charge >= 0.3 is 10.9 Å². The third-order valence-corrected chi connectivity index (χ3v) is 2.90. The fourth-order valence-corrected chi connectivity index (χ4v) is 1.98. The van der Waals surface area contributed by atoms with Gasteiger partial charge in [-0.15, -0.1) is 11.8 Å². The lowest BCUT2D eigenvalue weighted by molar-refractivity contribution is 0.218. The number of rotatable bonds is 4. The lowest BCUT2D eigenvalue weighted by atomic mass is 10.5. The van der Waals surface area contributed by atoms with E-state index in [1.54, 1.807) is 14.0 Å². The second-order valence-electron chi connectivity index (χ2n) is 2.67. The first-order valence-corrected chi connectivity index (χ1v) is 5.48. The third kappa shape index (κ3) is 2.87. The van der Waals surface area contributed by atoms with E-state index in [0.29, 0.717) is 27.8 Å². The first-order valence-electron chi connectivity index (χ1n) is 4.12. The van der Waals surface area contributed by atoms with Crippen LogP contribution < -0.4 is 5.56 Å². The fourth-order valence-electron chi connectivity index (χ4n) is 0.969. The molecule has 0 aliphatic carbocycles. The van der Waals surface area contributed by atoms with Gasteiger partial charge in [-0.25, -0.2) is 0 Å². The van der Waals surface area contributed by atoms with Crippen LogP contribution in [0.3, 0.4) is 0 Å². The van der Waals surface area contributed by atoms with Crippen LogP contribution in [-0.2, 0) is 4.74 Å². The number of methoxy groups -OCH3 is 1. The van der Waals surface area contributed by atoms with Crippen LogP contribution in [0, 0.1) is 6.92 Å². The number of carbonyl (C=O) groups is 1. The molecule has 0 aromatic carbocycles. The second-order valence-corrected chi connectivity index (χ2v) is 4.10.